The van der Waals surface area contributed by atoms with Crippen molar-refractivity contribution in [3.63, 3.8) is 0 Å². The van der Waals surface area contributed by atoms with Gasteiger partial charge in [-0.2, -0.15) is 0 Å². The van der Waals surface area contributed by atoms with Crippen LogP contribution in [-0.4, -0.2) is 24.5 Å². The maximum absolute atomic E-state index is 6.25. The van der Waals surface area contributed by atoms with Gasteiger partial charge in [-0.1, -0.05) is 130 Å². The van der Waals surface area contributed by atoms with Crippen molar-refractivity contribution in [1.82, 2.24) is 24.5 Å². The highest BCUT2D eigenvalue weighted by atomic mass is 16.3. The Morgan fingerprint density at radius 3 is 1.91 bits per heavy atom. The van der Waals surface area contributed by atoms with Crippen molar-refractivity contribution in [3.8, 4) is 51.1 Å². The van der Waals surface area contributed by atoms with Crippen molar-refractivity contribution in [2.45, 2.75) is 26.2 Å². The summed E-state index contributed by atoms with van der Waals surface area (Å²) in [5, 5.41) is 4.50. The lowest BCUT2D eigenvalue weighted by Gasteiger charge is -2.19. The Bertz CT molecular complexity index is 3020. The van der Waals surface area contributed by atoms with Crippen LogP contribution in [0.4, 0.5) is 0 Å². The largest absolute Gasteiger partial charge is 0.456 e. The first-order valence-corrected chi connectivity index (χ1v) is 18.2. The third kappa shape index (κ3) is 5.26. The molecule has 0 atom stereocenters. The van der Waals surface area contributed by atoms with E-state index in [0.29, 0.717) is 17.5 Å². The molecule has 0 bridgehead atoms. The van der Waals surface area contributed by atoms with Crippen molar-refractivity contribution in [2.24, 2.45) is 0 Å². The SMILES string of the molecule is CC(C)(C)c1ccc(-c2nc(-c3ccccc3)nc(-c3cccnc3-n3c4ccccc4c4cc(-c5cccc6oc7ccccc7c56)ccc43)n2)cc1. The maximum Gasteiger partial charge on any atom is 0.167 e. The van der Waals surface area contributed by atoms with Crippen LogP contribution in [0.2, 0.25) is 0 Å². The lowest BCUT2D eigenvalue weighted by atomic mass is 9.87. The van der Waals surface area contributed by atoms with E-state index < -0.39 is 0 Å². The average molecular weight is 698 g/mol. The number of pyridine rings is 1. The lowest BCUT2D eigenvalue weighted by Crippen LogP contribution is -2.10. The second kappa shape index (κ2) is 12.3. The molecular formula is C48H35N5O. The number of benzene rings is 6. The van der Waals surface area contributed by atoms with E-state index in [1.807, 2.05) is 60.8 Å². The molecule has 0 unspecified atom stereocenters. The molecule has 6 heteroatoms. The van der Waals surface area contributed by atoms with E-state index in [1.54, 1.807) is 0 Å². The Balaban J connectivity index is 1.17. The zero-order chi connectivity index (χ0) is 36.4. The molecule has 0 saturated carbocycles. The number of nitrogens with zero attached hydrogens (tertiary/aromatic N) is 5. The summed E-state index contributed by atoms with van der Waals surface area (Å²) in [7, 11) is 0. The maximum atomic E-state index is 6.25. The fourth-order valence-corrected chi connectivity index (χ4v) is 7.59. The second-order valence-electron chi connectivity index (χ2n) is 14.7. The van der Waals surface area contributed by atoms with Gasteiger partial charge in [-0.3, -0.25) is 4.57 Å². The highest BCUT2D eigenvalue weighted by Crippen LogP contribution is 2.41. The number of hydrogen-bond donors (Lipinski definition) is 0. The second-order valence-corrected chi connectivity index (χ2v) is 14.7. The summed E-state index contributed by atoms with van der Waals surface area (Å²) in [6.07, 6.45) is 1.84. The van der Waals surface area contributed by atoms with Crippen molar-refractivity contribution < 1.29 is 4.42 Å². The first kappa shape index (κ1) is 31.8. The molecule has 0 radical (unpaired) electrons. The minimum Gasteiger partial charge on any atom is -0.456 e. The van der Waals surface area contributed by atoms with E-state index in [4.69, 9.17) is 24.4 Å². The summed E-state index contributed by atoms with van der Waals surface area (Å²) >= 11 is 0. The molecule has 4 heterocycles. The van der Waals surface area contributed by atoms with E-state index in [9.17, 15) is 0 Å². The molecule has 10 rings (SSSR count). The molecule has 258 valence electrons. The number of para-hydroxylation sites is 2. The van der Waals surface area contributed by atoms with Crippen molar-refractivity contribution >= 4 is 43.7 Å². The number of aromatic nitrogens is 5. The standard InChI is InChI=1S/C48H35N5O/c1-48(2,3)33-25-22-31(23-26-33)45-50-44(30-13-5-4-6-14-30)51-46(52-45)37-18-12-28-49-47(37)53-39-19-9-7-15-35(39)38-29-32(24-27-40(38)53)34-17-11-21-42-43(34)36-16-8-10-20-41(36)54-42/h4-29H,1-3H3. The zero-order valence-electron chi connectivity index (χ0n) is 30.2. The topological polar surface area (TPSA) is 69.6 Å². The average Bonchev–Trinajstić information content (AvgIpc) is 3.76. The Labute approximate surface area is 312 Å². The van der Waals surface area contributed by atoms with Crippen LogP contribution in [-0.2, 0) is 5.41 Å². The van der Waals surface area contributed by atoms with E-state index in [1.165, 1.54) is 5.56 Å². The van der Waals surface area contributed by atoms with Gasteiger partial charge in [0.1, 0.15) is 17.0 Å². The minimum absolute atomic E-state index is 0.0344. The van der Waals surface area contributed by atoms with Gasteiger partial charge in [0.25, 0.3) is 0 Å². The van der Waals surface area contributed by atoms with Crippen LogP contribution in [0.3, 0.4) is 0 Å². The highest BCUT2D eigenvalue weighted by Gasteiger charge is 2.22. The zero-order valence-corrected chi connectivity index (χ0v) is 30.2. The third-order valence-electron chi connectivity index (χ3n) is 10.3. The van der Waals surface area contributed by atoms with Crippen LogP contribution in [0.5, 0.6) is 0 Å². The predicted octanol–water partition coefficient (Wildman–Crippen LogP) is 12.2. The Kier molecular flexibility index (Phi) is 7.27. The molecule has 0 aliphatic rings. The quantitative estimate of drug-likeness (QED) is 0.179. The van der Waals surface area contributed by atoms with Gasteiger partial charge in [0, 0.05) is 38.9 Å². The highest BCUT2D eigenvalue weighted by molar-refractivity contribution is 6.15. The van der Waals surface area contributed by atoms with Gasteiger partial charge in [-0.15, -0.1) is 0 Å². The summed E-state index contributed by atoms with van der Waals surface area (Å²) in [5.41, 5.74) is 10.1. The summed E-state index contributed by atoms with van der Waals surface area (Å²) in [5.74, 6) is 2.53. The van der Waals surface area contributed by atoms with Crippen LogP contribution in [0.15, 0.2) is 162 Å². The molecule has 0 N–H and O–H groups in total. The van der Waals surface area contributed by atoms with Gasteiger partial charge in [0.2, 0.25) is 0 Å². The fraction of sp³-hybridized carbons (Fsp3) is 0.0833. The van der Waals surface area contributed by atoms with Gasteiger partial charge in [0.15, 0.2) is 17.5 Å². The van der Waals surface area contributed by atoms with Gasteiger partial charge >= 0.3 is 0 Å². The molecular weight excluding hydrogens is 663 g/mol. The van der Waals surface area contributed by atoms with Crippen LogP contribution in [0, 0.1) is 0 Å². The number of fused-ring (bicyclic) bond motifs is 6. The molecule has 0 amide bonds. The molecule has 0 spiro atoms. The number of furan rings is 1. The van der Waals surface area contributed by atoms with Crippen LogP contribution in [0.1, 0.15) is 26.3 Å². The Morgan fingerprint density at radius 2 is 1.11 bits per heavy atom. The fourth-order valence-electron chi connectivity index (χ4n) is 7.59. The van der Waals surface area contributed by atoms with E-state index >= 15 is 0 Å². The van der Waals surface area contributed by atoms with Crippen molar-refractivity contribution in [3.05, 3.63) is 163 Å². The lowest BCUT2D eigenvalue weighted by molar-refractivity contribution is 0.590. The Hall–Kier alpha value is -6.92. The molecule has 10 aromatic rings. The third-order valence-corrected chi connectivity index (χ3v) is 10.3. The molecule has 6 aromatic carbocycles. The molecule has 6 nitrogen and oxygen atoms in total. The van der Waals surface area contributed by atoms with Crippen molar-refractivity contribution in [2.75, 3.05) is 0 Å². The summed E-state index contributed by atoms with van der Waals surface area (Å²) in [6.45, 7) is 6.66. The molecule has 0 fully saturated rings. The van der Waals surface area contributed by atoms with Gasteiger partial charge < -0.3 is 4.42 Å². The van der Waals surface area contributed by atoms with Gasteiger partial charge in [-0.25, -0.2) is 19.9 Å². The van der Waals surface area contributed by atoms with E-state index in [2.05, 4.69) is 122 Å². The van der Waals surface area contributed by atoms with Crippen LogP contribution in [0.25, 0.3) is 94.9 Å². The molecule has 4 aromatic heterocycles. The van der Waals surface area contributed by atoms with Gasteiger partial charge in [0.05, 0.1) is 16.6 Å². The molecule has 0 aliphatic heterocycles. The Morgan fingerprint density at radius 1 is 0.481 bits per heavy atom. The molecule has 0 saturated heterocycles. The summed E-state index contributed by atoms with van der Waals surface area (Å²) in [4.78, 5) is 20.3. The van der Waals surface area contributed by atoms with Crippen LogP contribution < -0.4 is 0 Å². The number of hydrogen-bond acceptors (Lipinski definition) is 5. The van der Waals surface area contributed by atoms with Gasteiger partial charge in [-0.05, 0) is 64.6 Å². The predicted molar refractivity (Wildman–Crippen MR) is 220 cm³/mol. The van der Waals surface area contributed by atoms with E-state index in [0.717, 1.165) is 77.4 Å². The molecule has 54 heavy (non-hydrogen) atoms. The monoisotopic (exact) mass is 697 g/mol. The van der Waals surface area contributed by atoms with E-state index in [-0.39, 0.29) is 5.41 Å². The first-order valence-electron chi connectivity index (χ1n) is 18.2. The first-order chi connectivity index (χ1) is 26.4. The normalized spacial score (nSPS) is 12.0. The summed E-state index contributed by atoms with van der Waals surface area (Å²) < 4.78 is 8.49. The summed E-state index contributed by atoms with van der Waals surface area (Å²) in [6, 6.07) is 52.4. The van der Waals surface area contributed by atoms with Crippen LogP contribution >= 0.6 is 0 Å². The number of rotatable bonds is 5. The smallest absolute Gasteiger partial charge is 0.167 e. The van der Waals surface area contributed by atoms with Crippen molar-refractivity contribution in [1.29, 1.82) is 0 Å². The molecule has 0 aliphatic carbocycles. The minimum atomic E-state index is 0.0344.